The summed E-state index contributed by atoms with van der Waals surface area (Å²) in [5.74, 6) is 0.888. The Morgan fingerprint density at radius 3 is 2.70 bits per heavy atom. The van der Waals surface area contributed by atoms with Gasteiger partial charge in [0.25, 0.3) is 0 Å². The third-order valence-electron chi connectivity index (χ3n) is 3.35. The molecule has 5 heteroatoms. The number of benzene rings is 1. The molecule has 4 nitrogen and oxygen atoms in total. The van der Waals surface area contributed by atoms with Crippen LogP contribution in [0.4, 0.5) is 0 Å². The minimum absolute atomic E-state index is 0.888. The van der Waals surface area contributed by atoms with E-state index in [1.54, 1.807) is 12.4 Å². The maximum absolute atomic E-state index is 4.64. The molecule has 2 radical (unpaired) electrons. The summed E-state index contributed by atoms with van der Waals surface area (Å²) in [6.45, 7) is 0. The zero-order valence-corrected chi connectivity index (χ0v) is 13.0. The van der Waals surface area contributed by atoms with Crippen LogP contribution in [0, 0.1) is 0 Å². The Kier molecular flexibility index (Phi) is 2.61. The van der Waals surface area contributed by atoms with Gasteiger partial charge in [-0.3, -0.25) is 0 Å². The Morgan fingerprint density at radius 2 is 1.85 bits per heavy atom. The number of nitrogens with zero attached hydrogens (tertiary/aromatic N) is 4. The van der Waals surface area contributed by atoms with Crippen molar-refractivity contribution in [3.8, 4) is 11.5 Å². The maximum atomic E-state index is 4.64. The van der Waals surface area contributed by atoms with Crippen molar-refractivity contribution in [2.45, 2.75) is 0 Å². The Morgan fingerprint density at radius 1 is 1.00 bits per heavy atom. The summed E-state index contributed by atoms with van der Waals surface area (Å²) in [4.78, 5) is 13.3. The average Bonchev–Trinajstić information content (AvgIpc) is 2.84. The van der Waals surface area contributed by atoms with E-state index in [-0.39, 0.29) is 0 Å². The van der Waals surface area contributed by atoms with Crippen molar-refractivity contribution < 1.29 is 0 Å². The van der Waals surface area contributed by atoms with Crippen LogP contribution in [-0.4, -0.2) is 37.1 Å². The zero-order chi connectivity index (χ0) is 13.5. The van der Waals surface area contributed by atoms with E-state index in [0.29, 0.717) is 0 Å². The van der Waals surface area contributed by atoms with Gasteiger partial charge < -0.3 is 0 Å². The van der Waals surface area contributed by atoms with Crippen molar-refractivity contribution in [2.75, 3.05) is 0 Å². The topological polar surface area (TPSA) is 43.6 Å². The van der Waals surface area contributed by atoms with Gasteiger partial charge in [0.2, 0.25) is 0 Å². The van der Waals surface area contributed by atoms with Crippen LogP contribution in [-0.2, 0) is 0 Å². The third-order valence-corrected chi connectivity index (χ3v) is 4.45. The molecule has 3 aromatic heterocycles. The monoisotopic (exact) mass is 314 g/mol. The summed E-state index contributed by atoms with van der Waals surface area (Å²) in [6.07, 6.45) is 5.48. The van der Waals surface area contributed by atoms with Gasteiger partial charge in [0.1, 0.15) is 0 Å². The normalized spacial score (nSPS) is 11.2. The molecule has 3 heterocycles. The number of pyridine rings is 2. The van der Waals surface area contributed by atoms with Gasteiger partial charge in [-0.25, -0.2) is 0 Å². The quantitative estimate of drug-likeness (QED) is 0.507. The second kappa shape index (κ2) is 4.47. The molecule has 1 aromatic carbocycles. The molecule has 0 amide bonds. The van der Waals surface area contributed by atoms with Crippen molar-refractivity contribution in [2.24, 2.45) is 0 Å². The first-order valence-electron chi connectivity index (χ1n) is 6.25. The molecule has 0 unspecified atom stereocenters. The van der Waals surface area contributed by atoms with E-state index in [9.17, 15) is 0 Å². The SMILES string of the molecule is [Ga][n]1c(-c2cc3ccccc3cn2)nc2cnccc21. The van der Waals surface area contributed by atoms with Gasteiger partial charge in [0, 0.05) is 0 Å². The standard InChI is InChI=1S/C15H9N4.Ga/c1-2-4-11-8-17-13(7-10(11)3-1)15-18-12-5-6-16-9-14(12)19-15;/h1-9H;/q-1;+1. The number of rotatable bonds is 1. The third kappa shape index (κ3) is 1.75. The Labute approximate surface area is 125 Å². The second-order valence-electron chi connectivity index (χ2n) is 4.59. The second-order valence-corrected chi connectivity index (χ2v) is 5.67. The van der Waals surface area contributed by atoms with E-state index in [1.807, 2.05) is 24.4 Å². The van der Waals surface area contributed by atoms with E-state index in [0.717, 1.165) is 27.9 Å². The van der Waals surface area contributed by atoms with Gasteiger partial charge in [-0.05, 0) is 0 Å². The van der Waals surface area contributed by atoms with Gasteiger partial charge in [0.15, 0.2) is 0 Å². The number of hydrogen-bond acceptors (Lipinski definition) is 3. The van der Waals surface area contributed by atoms with Crippen molar-refractivity contribution >= 4 is 40.6 Å². The molecule has 92 valence electrons. The van der Waals surface area contributed by atoms with Crippen molar-refractivity contribution in [3.05, 3.63) is 55.0 Å². The van der Waals surface area contributed by atoms with E-state index >= 15 is 0 Å². The minimum atomic E-state index is 0.888. The molecule has 4 rings (SSSR count). The molecule has 4 aromatic rings. The van der Waals surface area contributed by atoms with E-state index < -0.39 is 0 Å². The molecule has 0 spiro atoms. The number of hydrogen-bond donors (Lipinski definition) is 0. The molecule has 0 fully saturated rings. The fourth-order valence-electron chi connectivity index (χ4n) is 2.34. The number of imidazole rings is 1. The molecule has 0 aliphatic carbocycles. The molecule has 0 aliphatic rings. The Bertz CT molecular complexity index is 929. The fraction of sp³-hybridized carbons (Fsp3) is 0. The summed E-state index contributed by atoms with van der Waals surface area (Å²) in [5, 5.41) is 2.32. The molecule has 0 N–H and O–H groups in total. The molecule has 20 heavy (non-hydrogen) atoms. The van der Waals surface area contributed by atoms with E-state index in [2.05, 4.69) is 36.4 Å². The zero-order valence-electron chi connectivity index (χ0n) is 10.6. The first-order valence-corrected chi connectivity index (χ1v) is 7.34. The van der Waals surface area contributed by atoms with Crippen LogP contribution in [0.5, 0.6) is 0 Å². The van der Waals surface area contributed by atoms with E-state index in [4.69, 9.17) is 0 Å². The summed E-state index contributed by atoms with van der Waals surface area (Å²) in [7, 11) is 0. The number of fused-ring (bicyclic) bond motifs is 2. The molecule has 0 atom stereocenters. The van der Waals surface area contributed by atoms with Gasteiger partial charge in [-0.1, -0.05) is 0 Å². The predicted molar refractivity (Wildman–Crippen MR) is 79.4 cm³/mol. The predicted octanol–water partition coefficient (Wildman–Crippen LogP) is 2.58. The first-order chi connectivity index (χ1) is 9.83. The van der Waals surface area contributed by atoms with Crippen LogP contribution in [0.2, 0.25) is 0 Å². The van der Waals surface area contributed by atoms with Gasteiger partial charge in [-0.15, -0.1) is 0 Å². The summed E-state index contributed by atoms with van der Waals surface area (Å²) in [6, 6.07) is 12.3. The van der Waals surface area contributed by atoms with Crippen molar-refractivity contribution in [1.82, 2.24) is 18.2 Å². The molecule has 0 bridgehead atoms. The summed E-state index contributed by atoms with van der Waals surface area (Å²) >= 11 is 1.49. The molecule has 0 saturated heterocycles. The van der Waals surface area contributed by atoms with E-state index in [1.165, 1.54) is 24.2 Å². The molecular formula is C15H9GaN4. The van der Waals surface area contributed by atoms with Crippen LogP contribution in [0.1, 0.15) is 0 Å². The van der Waals surface area contributed by atoms with Gasteiger partial charge in [-0.2, -0.15) is 0 Å². The molecule has 0 aliphatic heterocycles. The molecule has 0 saturated carbocycles. The van der Waals surface area contributed by atoms with Crippen LogP contribution in [0.15, 0.2) is 55.0 Å². The van der Waals surface area contributed by atoms with Crippen LogP contribution < -0.4 is 0 Å². The summed E-state index contributed by atoms with van der Waals surface area (Å²) in [5.41, 5.74) is 2.89. The Balaban J connectivity index is 1.98. The number of aromatic nitrogens is 4. The van der Waals surface area contributed by atoms with Gasteiger partial charge in [0.05, 0.1) is 0 Å². The van der Waals surface area contributed by atoms with Gasteiger partial charge >= 0.3 is 125 Å². The van der Waals surface area contributed by atoms with Crippen molar-refractivity contribution in [1.29, 1.82) is 0 Å². The van der Waals surface area contributed by atoms with Crippen LogP contribution in [0.3, 0.4) is 0 Å². The van der Waals surface area contributed by atoms with Crippen LogP contribution >= 0.6 is 0 Å². The Hall–Kier alpha value is -2.11. The molecular weight excluding hydrogens is 306 g/mol. The van der Waals surface area contributed by atoms with Crippen molar-refractivity contribution in [3.63, 3.8) is 0 Å². The fourth-order valence-corrected chi connectivity index (χ4v) is 3.19. The van der Waals surface area contributed by atoms with Crippen LogP contribution in [0.25, 0.3) is 33.3 Å². The average molecular weight is 315 g/mol. The summed E-state index contributed by atoms with van der Waals surface area (Å²) < 4.78 is 2.11. The first kappa shape index (κ1) is 11.7.